The molecule has 0 unspecified atom stereocenters. The van der Waals surface area contributed by atoms with Crippen molar-refractivity contribution < 1.29 is 18.7 Å². The smallest absolute Gasteiger partial charge is 0.373 e. The number of carbonyl (C=O) groups is 1. The molecule has 2 atom stereocenters. The Morgan fingerprint density at radius 1 is 1.35 bits per heavy atom. The summed E-state index contributed by atoms with van der Waals surface area (Å²) < 4.78 is 16.4. The molecule has 1 fully saturated rings. The van der Waals surface area contributed by atoms with Gasteiger partial charge in [0, 0.05) is 32.1 Å². The van der Waals surface area contributed by atoms with Crippen LogP contribution in [0.4, 0.5) is 0 Å². The zero-order valence-electron chi connectivity index (χ0n) is 13.8. The van der Waals surface area contributed by atoms with Crippen molar-refractivity contribution in [3.05, 3.63) is 34.8 Å². The summed E-state index contributed by atoms with van der Waals surface area (Å²) in [7, 11) is 3.18. The number of ether oxygens (including phenoxy) is 2. The summed E-state index contributed by atoms with van der Waals surface area (Å²) in [5.74, 6) is 0.862. The molecule has 1 aliphatic carbocycles. The van der Waals surface area contributed by atoms with Gasteiger partial charge in [0.2, 0.25) is 5.76 Å². The van der Waals surface area contributed by atoms with Crippen LogP contribution in [0.2, 0.25) is 0 Å². The summed E-state index contributed by atoms with van der Waals surface area (Å²) in [5, 5.41) is 0. The summed E-state index contributed by atoms with van der Waals surface area (Å²) in [5.41, 5.74) is 2.47. The van der Waals surface area contributed by atoms with E-state index >= 15 is 0 Å². The van der Waals surface area contributed by atoms with Gasteiger partial charge in [-0.25, -0.2) is 4.79 Å². The highest BCUT2D eigenvalue weighted by Gasteiger charge is 2.52. The lowest BCUT2D eigenvalue weighted by Crippen LogP contribution is -2.46. The molecule has 0 radical (unpaired) electrons. The molecule has 1 aromatic heterocycles. The zero-order valence-corrected chi connectivity index (χ0v) is 13.8. The van der Waals surface area contributed by atoms with E-state index in [1.165, 1.54) is 12.7 Å². The summed E-state index contributed by atoms with van der Waals surface area (Å²) in [6.07, 6.45) is 7.47. The molecule has 0 saturated carbocycles. The van der Waals surface area contributed by atoms with Crippen LogP contribution in [0.1, 0.15) is 47.6 Å². The molecule has 5 nitrogen and oxygen atoms in total. The molecule has 1 aromatic rings. The fourth-order valence-electron chi connectivity index (χ4n) is 4.61. The van der Waals surface area contributed by atoms with E-state index in [1.54, 1.807) is 7.11 Å². The second kappa shape index (κ2) is 5.49. The lowest BCUT2D eigenvalue weighted by Gasteiger charge is -2.43. The molecule has 2 aliphatic heterocycles. The standard InChI is InChI=1S/C18H23NO4/c1-21-13-6-5-12-7-9-19-8-3-4-15-14(18(12,19)11-13)10-16(23-15)17(20)22-2/h5,10,13H,3-4,6-9,11H2,1-2H3/t13-,18-/m0/s1. The molecule has 124 valence electrons. The zero-order chi connectivity index (χ0) is 16.0. The van der Waals surface area contributed by atoms with Crippen molar-refractivity contribution in [3.8, 4) is 0 Å². The van der Waals surface area contributed by atoms with Crippen LogP contribution in [0.3, 0.4) is 0 Å². The normalized spacial score (nSPS) is 30.0. The van der Waals surface area contributed by atoms with Gasteiger partial charge in [-0.3, -0.25) is 4.90 Å². The Hall–Kier alpha value is -1.59. The van der Waals surface area contributed by atoms with Crippen molar-refractivity contribution in [1.29, 1.82) is 0 Å². The summed E-state index contributed by atoms with van der Waals surface area (Å²) in [6, 6.07) is 1.91. The summed E-state index contributed by atoms with van der Waals surface area (Å²) in [6.45, 7) is 2.13. The Kier molecular flexibility index (Phi) is 3.58. The molecular weight excluding hydrogens is 294 g/mol. The monoisotopic (exact) mass is 317 g/mol. The molecule has 0 amide bonds. The average molecular weight is 317 g/mol. The van der Waals surface area contributed by atoms with Crippen LogP contribution >= 0.6 is 0 Å². The first-order chi connectivity index (χ1) is 11.2. The van der Waals surface area contributed by atoms with Gasteiger partial charge in [-0.05, 0) is 37.4 Å². The number of rotatable bonds is 2. The summed E-state index contributed by atoms with van der Waals surface area (Å²) in [4.78, 5) is 14.5. The van der Waals surface area contributed by atoms with Crippen LogP contribution < -0.4 is 0 Å². The molecule has 0 bridgehead atoms. The van der Waals surface area contributed by atoms with E-state index in [0.29, 0.717) is 5.76 Å². The third-order valence-corrected chi connectivity index (χ3v) is 5.68. The van der Waals surface area contributed by atoms with Crippen LogP contribution in [0, 0.1) is 0 Å². The number of fused-ring (bicyclic) bond motifs is 1. The Bertz CT molecular complexity index is 662. The Labute approximate surface area is 136 Å². The minimum atomic E-state index is -0.399. The van der Waals surface area contributed by atoms with Gasteiger partial charge in [-0.1, -0.05) is 6.08 Å². The van der Waals surface area contributed by atoms with Crippen molar-refractivity contribution in [3.63, 3.8) is 0 Å². The third-order valence-electron chi connectivity index (χ3n) is 5.68. The van der Waals surface area contributed by atoms with E-state index in [1.807, 2.05) is 6.07 Å². The first-order valence-electron chi connectivity index (χ1n) is 8.38. The Balaban J connectivity index is 1.87. The van der Waals surface area contributed by atoms with E-state index in [-0.39, 0.29) is 11.6 Å². The van der Waals surface area contributed by atoms with Crippen molar-refractivity contribution in [1.82, 2.24) is 4.90 Å². The molecule has 23 heavy (non-hydrogen) atoms. The lowest BCUT2D eigenvalue weighted by atomic mass is 9.74. The molecular formula is C18H23NO4. The van der Waals surface area contributed by atoms with Crippen LogP contribution in [0.5, 0.6) is 0 Å². The SMILES string of the molecule is COC(=O)c1cc2c(o1)CCCN1CCC3=CC[C@H](OC)C[C@]321. The van der Waals surface area contributed by atoms with Gasteiger partial charge in [0.15, 0.2) is 0 Å². The molecule has 0 N–H and O–H groups in total. The second-order valence-electron chi connectivity index (χ2n) is 6.67. The van der Waals surface area contributed by atoms with Gasteiger partial charge in [-0.2, -0.15) is 0 Å². The number of aryl methyl sites for hydroxylation is 1. The lowest BCUT2D eigenvalue weighted by molar-refractivity contribution is 0.0346. The average Bonchev–Trinajstić information content (AvgIpc) is 3.13. The van der Waals surface area contributed by atoms with E-state index < -0.39 is 5.97 Å². The molecule has 1 saturated heterocycles. The number of furan rings is 1. The number of hydrogen-bond donors (Lipinski definition) is 0. The van der Waals surface area contributed by atoms with Gasteiger partial charge in [0.25, 0.3) is 0 Å². The molecule has 0 aromatic carbocycles. The van der Waals surface area contributed by atoms with E-state index in [2.05, 4.69) is 11.0 Å². The van der Waals surface area contributed by atoms with Crippen LogP contribution in [0.25, 0.3) is 0 Å². The van der Waals surface area contributed by atoms with Crippen LogP contribution in [0.15, 0.2) is 22.1 Å². The summed E-state index contributed by atoms with van der Waals surface area (Å²) >= 11 is 0. The maximum atomic E-state index is 11.9. The molecule has 5 heteroatoms. The van der Waals surface area contributed by atoms with Crippen molar-refractivity contribution >= 4 is 5.97 Å². The van der Waals surface area contributed by atoms with Gasteiger partial charge in [0.05, 0.1) is 18.8 Å². The molecule has 3 aliphatic rings. The molecule has 1 spiro atoms. The largest absolute Gasteiger partial charge is 0.463 e. The van der Waals surface area contributed by atoms with Crippen LogP contribution in [-0.2, 0) is 21.4 Å². The molecule has 4 rings (SSSR count). The second-order valence-corrected chi connectivity index (χ2v) is 6.67. The van der Waals surface area contributed by atoms with Gasteiger partial charge >= 0.3 is 5.97 Å². The highest BCUT2D eigenvalue weighted by atomic mass is 16.5. The van der Waals surface area contributed by atoms with Crippen molar-refractivity contribution in [2.75, 3.05) is 27.3 Å². The quantitative estimate of drug-likeness (QED) is 0.620. The third kappa shape index (κ3) is 2.10. The van der Waals surface area contributed by atoms with Crippen LogP contribution in [-0.4, -0.2) is 44.3 Å². The number of methoxy groups -OCH3 is 2. The number of esters is 1. The minimum Gasteiger partial charge on any atom is -0.463 e. The maximum absolute atomic E-state index is 11.9. The Morgan fingerprint density at radius 2 is 2.22 bits per heavy atom. The highest BCUT2D eigenvalue weighted by molar-refractivity contribution is 5.86. The van der Waals surface area contributed by atoms with E-state index in [9.17, 15) is 4.79 Å². The topological polar surface area (TPSA) is 51.9 Å². The van der Waals surface area contributed by atoms with Crippen molar-refractivity contribution in [2.45, 2.75) is 43.7 Å². The van der Waals surface area contributed by atoms with E-state index in [0.717, 1.165) is 56.5 Å². The van der Waals surface area contributed by atoms with E-state index in [4.69, 9.17) is 13.9 Å². The number of nitrogens with zero attached hydrogens (tertiary/aromatic N) is 1. The molecule has 3 heterocycles. The minimum absolute atomic E-state index is 0.152. The van der Waals surface area contributed by atoms with Gasteiger partial charge in [-0.15, -0.1) is 0 Å². The fraction of sp³-hybridized carbons (Fsp3) is 0.611. The highest BCUT2D eigenvalue weighted by Crippen LogP contribution is 2.52. The Morgan fingerprint density at radius 3 is 3.00 bits per heavy atom. The number of hydrogen-bond acceptors (Lipinski definition) is 5. The first kappa shape index (κ1) is 15.0. The van der Waals surface area contributed by atoms with Crippen molar-refractivity contribution in [2.24, 2.45) is 0 Å². The van der Waals surface area contributed by atoms with Gasteiger partial charge < -0.3 is 13.9 Å². The maximum Gasteiger partial charge on any atom is 0.373 e. The van der Waals surface area contributed by atoms with Gasteiger partial charge in [0.1, 0.15) is 5.76 Å². The fourth-order valence-corrected chi connectivity index (χ4v) is 4.61. The first-order valence-corrected chi connectivity index (χ1v) is 8.38. The predicted octanol–water partition coefficient (Wildman–Crippen LogP) is 2.65. The predicted molar refractivity (Wildman–Crippen MR) is 84.4 cm³/mol. The number of carbonyl (C=O) groups excluding carboxylic acids is 1.